The Hall–Kier alpha value is -0.0200. The van der Waals surface area contributed by atoms with Crippen molar-refractivity contribution in [1.82, 2.24) is 0 Å². The van der Waals surface area contributed by atoms with Crippen LogP contribution in [0.25, 0.3) is 0 Å². The van der Waals surface area contributed by atoms with Gasteiger partial charge in [-0.3, -0.25) is 0 Å². The van der Waals surface area contributed by atoms with Gasteiger partial charge in [-0.05, 0) is 0 Å². The molecule has 0 atom stereocenters. The highest BCUT2D eigenvalue weighted by atomic mass is 35.5. The van der Waals surface area contributed by atoms with Crippen LogP contribution in [-0.2, 0) is 0 Å². The van der Waals surface area contributed by atoms with Crippen molar-refractivity contribution in [2.75, 3.05) is 0 Å². The van der Waals surface area contributed by atoms with E-state index in [1.807, 2.05) is 0 Å². The van der Waals surface area contributed by atoms with Crippen molar-refractivity contribution in [2.24, 2.45) is 0 Å². The average Bonchev–Trinajstić information content (AvgIpc) is 2.04. The van der Waals surface area contributed by atoms with E-state index in [1.165, 1.54) is 0 Å². The predicted octanol–water partition coefficient (Wildman–Crippen LogP) is 3.52. The van der Waals surface area contributed by atoms with Crippen LogP contribution in [0.4, 0.5) is 0 Å². The number of benzene rings is 1. The molecule has 12 heavy (non-hydrogen) atoms. The second kappa shape index (κ2) is 4.28. The van der Waals surface area contributed by atoms with Gasteiger partial charge in [-0.1, -0.05) is 71.9 Å². The van der Waals surface area contributed by atoms with Crippen molar-refractivity contribution >= 4 is 56.3 Å². The molecule has 0 aliphatic rings. The fraction of sp³-hybridized carbons (Fsp3) is 0. The van der Waals surface area contributed by atoms with Crippen LogP contribution in [-0.4, -0.2) is 8.65 Å². The highest BCUT2D eigenvalue weighted by Gasteiger charge is 1.99. The van der Waals surface area contributed by atoms with Crippen molar-refractivity contribution in [2.45, 2.75) is 0 Å². The first-order valence-electron chi connectivity index (χ1n) is 3.11. The lowest BCUT2D eigenvalue weighted by Crippen LogP contribution is -1.90. The number of thiocarbonyl (C=S) groups is 2. The molecule has 0 aromatic heterocycles. The normalized spacial score (nSPS) is 9.50. The van der Waals surface area contributed by atoms with Crippen LogP contribution in [0.1, 0.15) is 11.1 Å². The lowest BCUT2D eigenvalue weighted by Gasteiger charge is -1.97. The second-order valence-electron chi connectivity index (χ2n) is 2.12. The molecule has 0 aliphatic heterocycles. The van der Waals surface area contributed by atoms with Crippen molar-refractivity contribution in [3.05, 3.63) is 35.4 Å². The zero-order chi connectivity index (χ0) is 9.14. The van der Waals surface area contributed by atoms with Gasteiger partial charge >= 0.3 is 0 Å². The second-order valence-corrected chi connectivity index (χ2v) is 4.15. The monoisotopic (exact) mass is 234 g/mol. The molecule has 0 aliphatic carbocycles. The fourth-order valence-electron chi connectivity index (χ4n) is 0.732. The maximum Gasteiger partial charge on any atom is 0.111 e. The smallest absolute Gasteiger partial charge is 0.0709 e. The molecule has 0 radical (unpaired) electrons. The quantitative estimate of drug-likeness (QED) is 0.568. The molecule has 0 N–H and O–H groups in total. The van der Waals surface area contributed by atoms with Crippen LogP contribution in [0.3, 0.4) is 0 Å². The number of hydrogen-bond acceptors (Lipinski definition) is 2. The maximum atomic E-state index is 5.60. The van der Waals surface area contributed by atoms with Crippen LogP contribution in [0.15, 0.2) is 24.3 Å². The van der Waals surface area contributed by atoms with E-state index in [9.17, 15) is 0 Å². The molecule has 0 saturated carbocycles. The van der Waals surface area contributed by atoms with Crippen molar-refractivity contribution in [3.63, 3.8) is 0 Å². The van der Waals surface area contributed by atoms with Crippen LogP contribution >= 0.6 is 47.6 Å². The Labute approximate surface area is 91.5 Å². The summed E-state index contributed by atoms with van der Waals surface area (Å²) in [5, 5.41) is 0. The van der Waals surface area contributed by atoms with Gasteiger partial charge in [0.05, 0.1) is 0 Å². The Bertz CT molecular complexity index is 283. The number of rotatable bonds is 2. The van der Waals surface area contributed by atoms with E-state index in [1.54, 1.807) is 24.3 Å². The van der Waals surface area contributed by atoms with Crippen LogP contribution in [0.2, 0.25) is 0 Å². The molecule has 0 nitrogen and oxygen atoms in total. The lowest BCUT2D eigenvalue weighted by molar-refractivity contribution is 1.66. The summed E-state index contributed by atoms with van der Waals surface area (Å²) in [4.78, 5) is 0. The predicted molar refractivity (Wildman–Crippen MR) is 61.5 cm³/mol. The Balaban J connectivity index is 3.01. The minimum absolute atomic E-state index is 0.349. The van der Waals surface area contributed by atoms with E-state index in [4.69, 9.17) is 47.6 Å². The van der Waals surface area contributed by atoms with E-state index in [-0.39, 0.29) is 0 Å². The summed E-state index contributed by atoms with van der Waals surface area (Å²) in [6.07, 6.45) is 0. The standard InChI is InChI=1S/C8H4Cl2S2/c9-7(11)5-1-2-6(4-3-5)8(10)12/h1-4H. The van der Waals surface area contributed by atoms with Gasteiger partial charge in [0.25, 0.3) is 0 Å². The van der Waals surface area contributed by atoms with Gasteiger partial charge in [0, 0.05) is 11.1 Å². The SMILES string of the molecule is S=C(Cl)c1ccc(C(=S)Cl)cc1. The zero-order valence-electron chi connectivity index (χ0n) is 5.88. The Kier molecular flexibility index (Phi) is 3.59. The van der Waals surface area contributed by atoms with E-state index >= 15 is 0 Å². The van der Waals surface area contributed by atoms with Gasteiger partial charge in [-0.25, -0.2) is 0 Å². The van der Waals surface area contributed by atoms with E-state index in [0.29, 0.717) is 8.65 Å². The Morgan fingerprint density at radius 2 is 1.08 bits per heavy atom. The molecule has 0 fully saturated rings. The maximum absolute atomic E-state index is 5.60. The average molecular weight is 235 g/mol. The molecule has 1 aromatic rings. The number of halogens is 2. The summed E-state index contributed by atoms with van der Waals surface area (Å²) < 4.78 is 0.698. The molecule has 62 valence electrons. The van der Waals surface area contributed by atoms with Crippen molar-refractivity contribution in [1.29, 1.82) is 0 Å². The van der Waals surface area contributed by atoms with Gasteiger partial charge in [0.15, 0.2) is 0 Å². The minimum Gasteiger partial charge on any atom is -0.0709 e. The van der Waals surface area contributed by atoms with Gasteiger partial charge in [0.1, 0.15) is 8.65 Å². The highest BCUT2D eigenvalue weighted by Crippen LogP contribution is 2.10. The van der Waals surface area contributed by atoms with Crippen molar-refractivity contribution in [3.8, 4) is 0 Å². The summed E-state index contributed by atoms with van der Waals surface area (Å²) in [6, 6.07) is 7.16. The summed E-state index contributed by atoms with van der Waals surface area (Å²) >= 11 is 20.7. The van der Waals surface area contributed by atoms with Crippen LogP contribution in [0, 0.1) is 0 Å². The summed E-state index contributed by atoms with van der Waals surface area (Å²) in [7, 11) is 0. The minimum atomic E-state index is 0.349. The van der Waals surface area contributed by atoms with E-state index in [2.05, 4.69) is 0 Å². The third kappa shape index (κ3) is 2.49. The molecule has 1 aromatic carbocycles. The van der Waals surface area contributed by atoms with Gasteiger partial charge < -0.3 is 0 Å². The van der Waals surface area contributed by atoms with E-state index in [0.717, 1.165) is 11.1 Å². The van der Waals surface area contributed by atoms with Gasteiger partial charge in [-0.15, -0.1) is 0 Å². The molecular weight excluding hydrogens is 231 g/mol. The highest BCUT2D eigenvalue weighted by molar-refractivity contribution is 7.84. The van der Waals surface area contributed by atoms with Gasteiger partial charge in [-0.2, -0.15) is 0 Å². The third-order valence-electron chi connectivity index (χ3n) is 1.34. The molecule has 0 bridgehead atoms. The van der Waals surface area contributed by atoms with Crippen LogP contribution in [0.5, 0.6) is 0 Å². The lowest BCUT2D eigenvalue weighted by atomic mass is 10.2. The Morgan fingerprint density at radius 1 is 0.833 bits per heavy atom. The molecule has 0 saturated heterocycles. The van der Waals surface area contributed by atoms with Gasteiger partial charge in [0.2, 0.25) is 0 Å². The molecule has 0 unspecified atom stereocenters. The molecule has 1 rings (SSSR count). The summed E-state index contributed by atoms with van der Waals surface area (Å²) in [6.45, 7) is 0. The molecule has 0 amide bonds. The first-order chi connectivity index (χ1) is 5.61. The first-order valence-corrected chi connectivity index (χ1v) is 4.68. The summed E-state index contributed by atoms with van der Waals surface area (Å²) in [5.74, 6) is 0. The van der Waals surface area contributed by atoms with Crippen molar-refractivity contribution < 1.29 is 0 Å². The Morgan fingerprint density at radius 3 is 1.25 bits per heavy atom. The third-order valence-corrected chi connectivity index (χ3v) is 2.25. The first kappa shape index (κ1) is 10.1. The van der Waals surface area contributed by atoms with E-state index < -0.39 is 0 Å². The molecular formula is C8H4Cl2S2. The van der Waals surface area contributed by atoms with Crippen LogP contribution < -0.4 is 0 Å². The zero-order valence-corrected chi connectivity index (χ0v) is 9.03. The number of hydrogen-bond donors (Lipinski definition) is 0. The topological polar surface area (TPSA) is 0 Å². The molecule has 0 heterocycles. The molecule has 0 spiro atoms. The fourth-order valence-corrected chi connectivity index (χ4v) is 1.26. The summed E-state index contributed by atoms with van der Waals surface area (Å²) in [5.41, 5.74) is 1.62. The largest absolute Gasteiger partial charge is 0.111 e. The molecule has 4 heteroatoms.